The van der Waals surface area contributed by atoms with Crippen LogP contribution in [0, 0.1) is 5.92 Å². The van der Waals surface area contributed by atoms with Crippen LogP contribution in [0.2, 0.25) is 11.8 Å². The second kappa shape index (κ2) is 7.30. The fourth-order valence-corrected chi connectivity index (χ4v) is 2.99. The number of hydrogen-bond donors (Lipinski definition) is 1. The van der Waals surface area contributed by atoms with Crippen molar-refractivity contribution in [1.29, 1.82) is 0 Å². The Kier molecular flexibility index (Phi) is 5.68. The van der Waals surface area contributed by atoms with Gasteiger partial charge in [-0.05, 0) is 50.5 Å². The molecule has 1 aliphatic heterocycles. The Morgan fingerprint density at radius 1 is 1.38 bits per heavy atom. The molecule has 1 N–H and O–H groups in total. The van der Waals surface area contributed by atoms with Crippen molar-refractivity contribution >= 4 is 24.6 Å². The van der Waals surface area contributed by atoms with E-state index < -0.39 is 7.05 Å². The van der Waals surface area contributed by atoms with Crippen molar-refractivity contribution in [3.63, 3.8) is 0 Å². The van der Waals surface area contributed by atoms with Gasteiger partial charge >= 0.3 is 13.0 Å². The Bertz CT molecular complexity index is 472. The van der Waals surface area contributed by atoms with Gasteiger partial charge in [0, 0.05) is 17.9 Å². The van der Waals surface area contributed by atoms with Crippen LogP contribution < -0.4 is 0 Å². The van der Waals surface area contributed by atoms with Gasteiger partial charge in [-0.2, -0.15) is 0 Å². The van der Waals surface area contributed by atoms with Crippen molar-refractivity contribution < 1.29 is 14.6 Å². The standard InChI is InChI=1S/C15H21BClNO3/c1-11(19)21-15(12-3-5-14(17)6-4-12)13-7-9-18(10-8-13)16(2)20/h3-6,13,15,20H,7-10H2,1-2H3. The van der Waals surface area contributed by atoms with Crippen LogP contribution in [0.3, 0.4) is 0 Å². The van der Waals surface area contributed by atoms with E-state index in [1.165, 1.54) is 6.92 Å². The molecule has 1 heterocycles. The lowest BCUT2D eigenvalue weighted by atomic mass is 9.79. The lowest BCUT2D eigenvalue weighted by Gasteiger charge is -2.36. The number of ether oxygens (including phenoxy) is 1. The smallest absolute Gasteiger partial charge is 0.376 e. The van der Waals surface area contributed by atoms with Crippen molar-refractivity contribution in [3.8, 4) is 0 Å². The van der Waals surface area contributed by atoms with Crippen molar-refractivity contribution in [2.24, 2.45) is 5.92 Å². The minimum Gasteiger partial charge on any atom is -0.457 e. The Hall–Kier alpha value is -1.04. The average molecular weight is 310 g/mol. The molecule has 0 spiro atoms. The van der Waals surface area contributed by atoms with Gasteiger partial charge in [0.15, 0.2) is 0 Å². The molecule has 21 heavy (non-hydrogen) atoms. The molecule has 0 bridgehead atoms. The van der Waals surface area contributed by atoms with Crippen molar-refractivity contribution in [2.75, 3.05) is 13.1 Å². The van der Waals surface area contributed by atoms with Gasteiger partial charge in [0.1, 0.15) is 6.10 Å². The Morgan fingerprint density at radius 2 is 1.95 bits per heavy atom. The molecule has 1 aromatic carbocycles. The van der Waals surface area contributed by atoms with Gasteiger partial charge in [-0.15, -0.1) is 0 Å². The summed E-state index contributed by atoms with van der Waals surface area (Å²) in [5.74, 6) is -0.00187. The first-order valence-corrected chi connectivity index (χ1v) is 7.70. The van der Waals surface area contributed by atoms with Gasteiger partial charge in [0.25, 0.3) is 0 Å². The predicted molar refractivity (Wildman–Crippen MR) is 84.1 cm³/mol. The first-order chi connectivity index (χ1) is 9.97. The Balaban J connectivity index is 2.10. The highest BCUT2D eigenvalue weighted by atomic mass is 35.5. The normalized spacial score (nSPS) is 18.3. The van der Waals surface area contributed by atoms with E-state index >= 15 is 0 Å². The van der Waals surface area contributed by atoms with Crippen LogP contribution in [0.25, 0.3) is 0 Å². The third-order valence-electron chi connectivity index (χ3n) is 4.02. The highest BCUT2D eigenvalue weighted by Crippen LogP contribution is 2.34. The third-order valence-corrected chi connectivity index (χ3v) is 4.27. The monoisotopic (exact) mass is 309 g/mol. The van der Waals surface area contributed by atoms with Crippen molar-refractivity contribution in [3.05, 3.63) is 34.9 Å². The minimum atomic E-state index is -0.423. The molecule has 1 atom stereocenters. The first-order valence-electron chi connectivity index (χ1n) is 7.32. The Labute approximate surface area is 131 Å². The van der Waals surface area contributed by atoms with E-state index in [0.717, 1.165) is 31.5 Å². The van der Waals surface area contributed by atoms with E-state index in [2.05, 4.69) is 0 Å². The number of benzene rings is 1. The topological polar surface area (TPSA) is 49.8 Å². The molecular weight excluding hydrogens is 288 g/mol. The number of carbonyl (C=O) groups is 1. The van der Waals surface area contributed by atoms with Gasteiger partial charge in [-0.3, -0.25) is 4.79 Å². The molecule has 0 amide bonds. The summed E-state index contributed by atoms with van der Waals surface area (Å²) in [4.78, 5) is 13.4. The van der Waals surface area contributed by atoms with E-state index in [-0.39, 0.29) is 18.0 Å². The van der Waals surface area contributed by atoms with E-state index in [4.69, 9.17) is 16.3 Å². The van der Waals surface area contributed by atoms with Crippen LogP contribution in [-0.4, -0.2) is 35.9 Å². The molecule has 114 valence electrons. The van der Waals surface area contributed by atoms with Gasteiger partial charge in [0.2, 0.25) is 0 Å². The molecule has 1 aromatic rings. The Morgan fingerprint density at radius 3 is 2.43 bits per heavy atom. The van der Waals surface area contributed by atoms with E-state index in [0.29, 0.717) is 5.02 Å². The highest BCUT2D eigenvalue weighted by Gasteiger charge is 2.31. The summed E-state index contributed by atoms with van der Waals surface area (Å²) in [5.41, 5.74) is 0.977. The number of carbonyl (C=O) groups excluding carboxylic acids is 1. The van der Waals surface area contributed by atoms with Crippen LogP contribution >= 0.6 is 11.6 Å². The zero-order valence-corrected chi connectivity index (χ0v) is 13.2. The van der Waals surface area contributed by atoms with E-state index in [1.807, 2.05) is 29.1 Å². The number of hydrogen-bond acceptors (Lipinski definition) is 4. The zero-order chi connectivity index (χ0) is 15.4. The fourth-order valence-electron chi connectivity index (χ4n) is 2.86. The largest absolute Gasteiger partial charge is 0.457 e. The zero-order valence-electron chi connectivity index (χ0n) is 12.5. The molecule has 1 fully saturated rings. The van der Waals surface area contributed by atoms with Crippen LogP contribution in [0.4, 0.5) is 0 Å². The molecule has 1 unspecified atom stereocenters. The van der Waals surface area contributed by atoms with Crippen LogP contribution in [0.15, 0.2) is 24.3 Å². The summed E-state index contributed by atoms with van der Waals surface area (Å²) in [5, 5.41) is 10.3. The minimum absolute atomic E-state index is 0.240. The van der Waals surface area contributed by atoms with Crippen molar-refractivity contribution in [1.82, 2.24) is 4.81 Å². The molecular formula is C15H21BClNO3. The quantitative estimate of drug-likeness (QED) is 0.686. The number of nitrogens with zero attached hydrogens (tertiary/aromatic N) is 1. The molecule has 1 saturated heterocycles. The maximum Gasteiger partial charge on any atom is 0.376 e. The second-order valence-electron chi connectivity index (χ2n) is 5.59. The number of halogens is 1. The third kappa shape index (κ3) is 4.46. The van der Waals surface area contributed by atoms with E-state index in [1.54, 1.807) is 6.82 Å². The lowest BCUT2D eigenvalue weighted by molar-refractivity contribution is -0.150. The van der Waals surface area contributed by atoms with Crippen molar-refractivity contribution in [2.45, 2.75) is 32.7 Å². The summed E-state index contributed by atoms with van der Waals surface area (Å²) in [6.07, 6.45) is 1.55. The van der Waals surface area contributed by atoms with Crippen LogP contribution in [0.1, 0.15) is 31.4 Å². The van der Waals surface area contributed by atoms with Gasteiger partial charge in [0.05, 0.1) is 0 Å². The molecule has 1 aliphatic rings. The van der Waals surface area contributed by atoms with Crippen LogP contribution in [0.5, 0.6) is 0 Å². The number of rotatable bonds is 4. The summed E-state index contributed by atoms with van der Waals surface area (Å²) in [6, 6.07) is 7.46. The molecule has 4 nitrogen and oxygen atoms in total. The average Bonchev–Trinajstić information content (AvgIpc) is 2.46. The highest BCUT2D eigenvalue weighted by molar-refractivity contribution is 6.45. The predicted octanol–water partition coefficient (Wildman–Crippen LogP) is 2.77. The van der Waals surface area contributed by atoms with Gasteiger partial charge < -0.3 is 14.6 Å². The summed E-state index contributed by atoms with van der Waals surface area (Å²) in [7, 11) is -0.423. The fraction of sp³-hybridized carbons (Fsp3) is 0.533. The number of esters is 1. The molecule has 6 heteroatoms. The van der Waals surface area contributed by atoms with Crippen LogP contribution in [-0.2, 0) is 9.53 Å². The number of piperidine rings is 1. The maximum atomic E-state index is 11.4. The van der Waals surface area contributed by atoms with Gasteiger partial charge in [-0.25, -0.2) is 0 Å². The molecule has 0 aromatic heterocycles. The second-order valence-corrected chi connectivity index (χ2v) is 6.02. The van der Waals surface area contributed by atoms with E-state index in [9.17, 15) is 9.82 Å². The molecule has 0 radical (unpaired) electrons. The molecule has 0 aliphatic carbocycles. The molecule has 0 saturated carbocycles. The lowest BCUT2D eigenvalue weighted by Crippen LogP contribution is -2.44. The SMILES string of the molecule is CB(O)N1CCC(C(OC(C)=O)c2ccc(Cl)cc2)CC1. The summed E-state index contributed by atoms with van der Waals surface area (Å²) >= 11 is 5.92. The summed E-state index contributed by atoms with van der Waals surface area (Å²) in [6.45, 7) is 4.85. The first kappa shape index (κ1) is 16.3. The van der Waals surface area contributed by atoms with Gasteiger partial charge in [-0.1, -0.05) is 23.7 Å². The molecule has 2 rings (SSSR count). The maximum absolute atomic E-state index is 11.4. The summed E-state index contributed by atoms with van der Waals surface area (Å²) < 4.78 is 5.55.